The van der Waals surface area contributed by atoms with E-state index in [4.69, 9.17) is 11.6 Å². The monoisotopic (exact) mass is 405 g/mol. The molecule has 0 atom stereocenters. The number of benzene rings is 3. The molecule has 1 fully saturated rings. The number of nitrogens with one attached hydrogen (secondary N) is 1. The van der Waals surface area contributed by atoms with Gasteiger partial charge >= 0.3 is 0 Å². The molecular formula is C24H17ClFNO2. The molecule has 5 rings (SSSR count). The molecule has 1 heterocycles. The van der Waals surface area contributed by atoms with Crippen molar-refractivity contribution in [3.05, 3.63) is 88.2 Å². The van der Waals surface area contributed by atoms with Gasteiger partial charge in [0.25, 0.3) is 5.91 Å². The van der Waals surface area contributed by atoms with Crippen molar-refractivity contribution in [1.29, 1.82) is 0 Å². The Morgan fingerprint density at radius 3 is 2.48 bits per heavy atom. The van der Waals surface area contributed by atoms with Crippen molar-refractivity contribution in [2.24, 2.45) is 0 Å². The first kappa shape index (κ1) is 18.0. The number of carbonyl (C=O) groups excluding carboxylic acids is 1. The van der Waals surface area contributed by atoms with Gasteiger partial charge in [0.15, 0.2) is 0 Å². The molecule has 5 heteroatoms. The Kier molecular flexibility index (Phi) is 4.18. The molecule has 0 unspecified atom stereocenters. The van der Waals surface area contributed by atoms with Gasteiger partial charge in [-0.1, -0.05) is 48.0 Å². The summed E-state index contributed by atoms with van der Waals surface area (Å²) in [5, 5.41) is 14.0. The van der Waals surface area contributed by atoms with Gasteiger partial charge < -0.3 is 10.4 Å². The highest BCUT2D eigenvalue weighted by atomic mass is 35.5. The number of amides is 1. The SMILES string of the molecule is O=C1Nc2cc(Cl)c(-c3ccc(C4CC4)cc3)cc2C1=C(O)c1cccc(F)c1. The zero-order chi connectivity index (χ0) is 20.1. The minimum absolute atomic E-state index is 0.109. The van der Waals surface area contributed by atoms with E-state index in [0.717, 1.165) is 11.1 Å². The van der Waals surface area contributed by atoms with Crippen LogP contribution in [0.1, 0.15) is 35.4 Å². The highest BCUT2D eigenvalue weighted by Gasteiger charge is 2.30. The number of anilines is 1. The first-order valence-electron chi connectivity index (χ1n) is 9.46. The van der Waals surface area contributed by atoms with E-state index in [1.165, 1.54) is 36.6 Å². The summed E-state index contributed by atoms with van der Waals surface area (Å²) in [6.45, 7) is 0. The maximum Gasteiger partial charge on any atom is 0.260 e. The van der Waals surface area contributed by atoms with Gasteiger partial charge in [-0.3, -0.25) is 4.79 Å². The Labute approximate surface area is 172 Å². The molecule has 0 radical (unpaired) electrons. The molecule has 1 aliphatic carbocycles. The van der Waals surface area contributed by atoms with Crippen LogP contribution in [0.4, 0.5) is 10.1 Å². The molecular weight excluding hydrogens is 389 g/mol. The molecule has 0 spiro atoms. The summed E-state index contributed by atoms with van der Waals surface area (Å²) in [5.41, 5.74) is 4.46. The minimum atomic E-state index is -0.485. The molecule has 0 aromatic heterocycles. The van der Waals surface area contributed by atoms with E-state index in [1.54, 1.807) is 18.2 Å². The summed E-state index contributed by atoms with van der Waals surface area (Å²) in [6, 6.07) is 17.3. The van der Waals surface area contributed by atoms with E-state index in [2.05, 4.69) is 17.4 Å². The second-order valence-electron chi connectivity index (χ2n) is 7.46. The highest BCUT2D eigenvalue weighted by Crippen LogP contribution is 2.43. The molecule has 29 heavy (non-hydrogen) atoms. The third kappa shape index (κ3) is 3.19. The van der Waals surface area contributed by atoms with Crippen LogP contribution in [-0.4, -0.2) is 11.0 Å². The summed E-state index contributed by atoms with van der Waals surface area (Å²) < 4.78 is 13.6. The third-order valence-corrected chi connectivity index (χ3v) is 5.77. The number of hydrogen-bond acceptors (Lipinski definition) is 2. The van der Waals surface area contributed by atoms with Crippen LogP contribution in [0.15, 0.2) is 60.7 Å². The lowest BCUT2D eigenvalue weighted by Gasteiger charge is -2.10. The van der Waals surface area contributed by atoms with Crippen LogP contribution in [0, 0.1) is 5.82 Å². The quantitative estimate of drug-likeness (QED) is 0.391. The van der Waals surface area contributed by atoms with Crippen LogP contribution >= 0.6 is 11.6 Å². The van der Waals surface area contributed by atoms with Crippen molar-refractivity contribution >= 4 is 34.5 Å². The second-order valence-corrected chi connectivity index (χ2v) is 7.87. The molecule has 0 bridgehead atoms. The fourth-order valence-corrected chi connectivity index (χ4v) is 4.05. The fraction of sp³-hybridized carbons (Fsp3) is 0.125. The van der Waals surface area contributed by atoms with E-state index < -0.39 is 11.7 Å². The number of hydrogen-bond donors (Lipinski definition) is 2. The lowest BCUT2D eigenvalue weighted by atomic mass is 9.96. The first-order valence-corrected chi connectivity index (χ1v) is 9.84. The number of halogens is 2. The molecule has 3 aromatic rings. The number of carbonyl (C=O) groups is 1. The highest BCUT2D eigenvalue weighted by molar-refractivity contribution is 6.38. The number of fused-ring (bicyclic) bond motifs is 1. The van der Waals surface area contributed by atoms with Gasteiger partial charge in [-0.25, -0.2) is 4.39 Å². The summed E-state index contributed by atoms with van der Waals surface area (Å²) in [5.74, 6) is -0.530. The lowest BCUT2D eigenvalue weighted by molar-refractivity contribution is -0.110. The molecule has 3 nitrogen and oxygen atoms in total. The molecule has 144 valence electrons. The Morgan fingerprint density at radius 2 is 1.79 bits per heavy atom. The maximum atomic E-state index is 13.6. The van der Waals surface area contributed by atoms with Crippen LogP contribution in [0.3, 0.4) is 0 Å². The number of aliphatic hydroxyl groups excluding tert-OH is 1. The molecule has 1 amide bonds. The molecule has 2 aliphatic rings. The molecule has 3 aromatic carbocycles. The minimum Gasteiger partial charge on any atom is -0.506 e. The summed E-state index contributed by atoms with van der Waals surface area (Å²) >= 11 is 6.49. The van der Waals surface area contributed by atoms with Crippen molar-refractivity contribution in [1.82, 2.24) is 0 Å². The molecule has 1 aliphatic heterocycles. The first-order chi connectivity index (χ1) is 14.0. The Bertz CT molecular complexity index is 1180. The van der Waals surface area contributed by atoms with E-state index in [9.17, 15) is 14.3 Å². The average molecular weight is 406 g/mol. The summed E-state index contributed by atoms with van der Waals surface area (Å²) in [6.07, 6.45) is 2.47. The van der Waals surface area contributed by atoms with E-state index >= 15 is 0 Å². The van der Waals surface area contributed by atoms with Gasteiger partial charge in [0, 0.05) is 16.7 Å². The average Bonchev–Trinajstić information content (AvgIpc) is 3.50. The maximum absolute atomic E-state index is 13.6. The van der Waals surface area contributed by atoms with Gasteiger partial charge in [0.2, 0.25) is 0 Å². The van der Waals surface area contributed by atoms with E-state index in [1.807, 2.05) is 12.1 Å². The standard InChI is InChI=1S/C24H17ClFNO2/c25-20-12-21-19(11-18(20)15-8-6-14(7-9-15)13-4-5-13)22(24(29)27-21)23(28)16-2-1-3-17(26)10-16/h1-3,6-13,28H,4-5H2,(H,27,29). The van der Waals surface area contributed by atoms with Gasteiger partial charge in [0.05, 0.1) is 16.3 Å². The van der Waals surface area contributed by atoms with Crippen molar-refractivity contribution in [3.63, 3.8) is 0 Å². The van der Waals surface area contributed by atoms with Crippen molar-refractivity contribution in [2.75, 3.05) is 5.32 Å². The Balaban J connectivity index is 1.62. The normalized spacial score (nSPS) is 17.1. The van der Waals surface area contributed by atoms with Crippen LogP contribution in [0.2, 0.25) is 5.02 Å². The van der Waals surface area contributed by atoms with Crippen molar-refractivity contribution in [3.8, 4) is 11.1 Å². The topological polar surface area (TPSA) is 49.3 Å². The van der Waals surface area contributed by atoms with E-state index in [0.29, 0.717) is 22.2 Å². The Morgan fingerprint density at radius 1 is 1.03 bits per heavy atom. The van der Waals surface area contributed by atoms with Gasteiger partial charge in [-0.05, 0) is 54.2 Å². The number of aliphatic hydroxyl groups is 1. The third-order valence-electron chi connectivity index (χ3n) is 5.46. The van der Waals surface area contributed by atoms with Crippen molar-refractivity contribution < 1.29 is 14.3 Å². The zero-order valence-electron chi connectivity index (χ0n) is 15.4. The van der Waals surface area contributed by atoms with Crippen LogP contribution in [0.5, 0.6) is 0 Å². The predicted octanol–water partition coefficient (Wildman–Crippen LogP) is 6.40. The largest absolute Gasteiger partial charge is 0.506 e. The predicted molar refractivity (Wildman–Crippen MR) is 113 cm³/mol. The van der Waals surface area contributed by atoms with Gasteiger partial charge in [0.1, 0.15) is 11.6 Å². The van der Waals surface area contributed by atoms with E-state index in [-0.39, 0.29) is 16.9 Å². The molecule has 2 N–H and O–H groups in total. The summed E-state index contributed by atoms with van der Waals surface area (Å²) in [7, 11) is 0. The summed E-state index contributed by atoms with van der Waals surface area (Å²) in [4.78, 5) is 12.6. The van der Waals surface area contributed by atoms with Crippen LogP contribution in [-0.2, 0) is 4.79 Å². The lowest BCUT2D eigenvalue weighted by Crippen LogP contribution is -2.05. The second kappa shape index (κ2) is 6.75. The van der Waals surface area contributed by atoms with Crippen molar-refractivity contribution in [2.45, 2.75) is 18.8 Å². The van der Waals surface area contributed by atoms with Crippen LogP contribution < -0.4 is 5.32 Å². The molecule has 1 saturated carbocycles. The zero-order valence-corrected chi connectivity index (χ0v) is 16.1. The van der Waals surface area contributed by atoms with Gasteiger partial charge in [-0.15, -0.1) is 0 Å². The van der Waals surface area contributed by atoms with Crippen LogP contribution in [0.25, 0.3) is 22.5 Å². The smallest absolute Gasteiger partial charge is 0.260 e. The number of rotatable bonds is 3. The molecule has 0 saturated heterocycles. The Hall–Kier alpha value is -3.11. The van der Waals surface area contributed by atoms with Gasteiger partial charge in [-0.2, -0.15) is 0 Å². The fourth-order valence-electron chi connectivity index (χ4n) is 3.78.